The van der Waals surface area contributed by atoms with Crippen LogP contribution in [-0.2, 0) is 0 Å². The van der Waals surface area contributed by atoms with Crippen molar-refractivity contribution >= 4 is 22.4 Å². The molecule has 3 rings (SSSR count). The monoisotopic (exact) mass is 262 g/mol. The molecule has 3 aromatic rings. The molecule has 0 aliphatic carbocycles. The van der Waals surface area contributed by atoms with Crippen molar-refractivity contribution in [3.05, 3.63) is 78.4 Å². The number of hydrogen-bond donors (Lipinski definition) is 2. The molecule has 3 aromatic carbocycles. The third-order valence-corrected chi connectivity index (χ3v) is 3.13. The van der Waals surface area contributed by atoms with E-state index in [1.807, 2.05) is 72.8 Å². The summed E-state index contributed by atoms with van der Waals surface area (Å²) in [5.41, 5.74) is 7.13. The normalized spacial score (nSPS) is 10.2. The molecule has 0 saturated carbocycles. The largest absolute Gasteiger partial charge is 0.298 e. The van der Waals surface area contributed by atoms with Crippen LogP contribution in [0.25, 0.3) is 10.8 Å². The molecule has 0 saturated heterocycles. The first kappa shape index (κ1) is 12.2. The Kier molecular flexibility index (Phi) is 3.33. The number of hydrazine groups is 1. The van der Waals surface area contributed by atoms with Crippen molar-refractivity contribution in [2.75, 3.05) is 5.43 Å². The van der Waals surface area contributed by atoms with Crippen LogP contribution in [0.3, 0.4) is 0 Å². The molecule has 0 aliphatic heterocycles. The summed E-state index contributed by atoms with van der Waals surface area (Å²) >= 11 is 0. The molecule has 0 unspecified atom stereocenters. The molecule has 0 spiro atoms. The molecular weight excluding hydrogens is 248 g/mol. The maximum Gasteiger partial charge on any atom is 0.270 e. The number of para-hydroxylation sites is 1. The lowest BCUT2D eigenvalue weighted by atomic mass is 10.0. The lowest BCUT2D eigenvalue weighted by Crippen LogP contribution is -2.29. The van der Waals surface area contributed by atoms with Gasteiger partial charge in [0.05, 0.1) is 5.69 Å². The minimum absolute atomic E-state index is 0.148. The van der Waals surface area contributed by atoms with Gasteiger partial charge < -0.3 is 0 Å². The quantitative estimate of drug-likeness (QED) is 0.708. The first-order valence-electron chi connectivity index (χ1n) is 6.44. The van der Waals surface area contributed by atoms with E-state index >= 15 is 0 Å². The molecule has 0 radical (unpaired) electrons. The minimum Gasteiger partial charge on any atom is -0.298 e. The summed E-state index contributed by atoms with van der Waals surface area (Å²) in [6, 6.07) is 23.1. The molecule has 0 aliphatic rings. The molecular formula is C17H14N2O. The van der Waals surface area contributed by atoms with Gasteiger partial charge in [0.1, 0.15) is 0 Å². The molecule has 98 valence electrons. The second kappa shape index (κ2) is 5.45. The van der Waals surface area contributed by atoms with Gasteiger partial charge in [-0.1, -0.05) is 54.6 Å². The van der Waals surface area contributed by atoms with Crippen molar-refractivity contribution in [2.24, 2.45) is 0 Å². The van der Waals surface area contributed by atoms with Gasteiger partial charge in [-0.3, -0.25) is 15.6 Å². The van der Waals surface area contributed by atoms with Crippen LogP contribution < -0.4 is 10.9 Å². The Morgan fingerprint density at radius 2 is 1.45 bits per heavy atom. The number of nitrogens with one attached hydrogen (secondary N) is 2. The molecule has 0 fully saturated rings. The molecule has 2 N–H and O–H groups in total. The van der Waals surface area contributed by atoms with Crippen molar-refractivity contribution in [3.8, 4) is 0 Å². The molecule has 0 heterocycles. The van der Waals surface area contributed by atoms with Gasteiger partial charge in [0.15, 0.2) is 0 Å². The molecule has 20 heavy (non-hydrogen) atoms. The zero-order valence-electron chi connectivity index (χ0n) is 10.8. The number of amides is 1. The average molecular weight is 262 g/mol. The highest BCUT2D eigenvalue weighted by atomic mass is 16.2. The minimum atomic E-state index is -0.148. The van der Waals surface area contributed by atoms with E-state index in [1.54, 1.807) is 0 Å². The zero-order chi connectivity index (χ0) is 13.8. The third kappa shape index (κ3) is 2.47. The van der Waals surface area contributed by atoms with E-state index in [2.05, 4.69) is 10.9 Å². The van der Waals surface area contributed by atoms with Crippen molar-refractivity contribution in [1.82, 2.24) is 5.43 Å². The Morgan fingerprint density at radius 1 is 0.750 bits per heavy atom. The number of carbonyl (C=O) groups is 1. The fraction of sp³-hybridized carbons (Fsp3) is 0. The number of carbonyl (C=O) groups excluding carboxylic acids is 1. The van der Waals surface area contributed by atoms with Crippen LogP contribution >= 0.6 is 0 Å². The van der Waals surface area contributed by atoms with Gasteiger partial charge in [0.2, 0.25) is 0 Å². The third-order valence-electron chi connectivity index (χ3n) is 3.13. The van der Waals surface area contributed by atoms with Gasteiger partial charge in [-0.15, -0.1) is 0 Å². The van der Waals surface area contributed by atoms with E-state index in [0.717, 1.165) is 16.5 Å². The van der Waals surface area contributed by atoms with Gasteiger partial charge in [0, 0.05) is 5.56 Å². The number of rotatable bonds is 3. The molecule has 0 bridgehead atoms. The number of benzene rings is 3. The number of fused-ring (bicyclic) bond motifs is 1. The summed E-state index contributed by atoms with van der Waals surface area (Å²) in [7, 11) is 0. The van der Waals surface area contributed by atoms with Crippen molar-refractivity contribution in [3.63, 3.8) is 0 Å². The van der Waals surface area contributed by atoms with E-state index < -0.39 is 0 Å². The smallest absolute Gasteiger partial charge is 0.270 e. The Morgan fingerprint density at radius 3 is 2.30 bits per heavy atom. The second-order valence-electron chi connectivity index (χ2n) is 4.47. The highest BCUT2D eigenvalue weighted by Crippen LogP contribution is 2.18. The standard InChI is InChI=1S/C17H14N2O/c20-17(19-18-14-9-2-1-3-10-14)16-12-6-8-13-7-4-5-11-15(13)16/h1-12,18H,(H,19,20). The number of anilines is 1. The Bertz CT molecular complexity index is 733. The summed E-state index contributed by atoms with van der Waals surface area (Å²) in [6.07, 6.45) is 0. The maximum absolute atomic E-state index is 12.3. The van der Waals surface area contributed by atoms with E-state index in [-0.39, 0.29) is 5.91 Å². The molecule has 3 heteroatoms. The van der Waals surface area contributed by atoms with Crippen LogP contribution in [0, 0.1) is 0 Å². The van der Waals surface area contributed by atoms with E-state index in [4.69, 9.17) is 0 Å². The Labute approximate surface area is 117 Å². The molecule has 0 atom stereocenters. The Hall–Kier alpha value is -2.81. The van der Waals surface area contributed by atoms with Crippen molar-refractivity contribution in [1.29, 1.82) is 0 Å². The average Bonchev–Trinajstić information content (AvgIpc) is 2.53. The lowest BCUT2D eigenvalue weighted by molar-refractivity contribution is 0.0964. The van der Waals surface area contributed by atoms with Gasteiger partial charge >= 0.3 is 0 Å². The van der Waals surface area contributed by atoms with Crippen molar-refractivity contribution in [2.45, 2.75) is 0 Å². The lowest BCUT2D eigenvalue weighted by Gasteiger charge is -2.10. The second-order valence-corrected chi connectivity index (χ2v) is 4.47. The first-order valence-corrected chi connectivity index (χ1v) is 6.44. The highest BCUT2D eigenvalue weighted by molar-refractivity contribution is 6.07. The summed E-state index contributed by atoms with van der Waals surface area (Å²) in [5, 5.41) is 2.00. The predicted octanol–water partition coefficient (Wildman–Crippen LogP) is 3.60. The van der Waals surface area contributed by atoms with Gasteiger partial charge in [-0.25, -0.2) is 0 Å². The SMILES string of the molecule is O=C(NNc1ccccc1)c1cccc2ccccc12. The van der Waals surface area contributed by atoms with E-state index in [9.17, 15) is 4.79 Å². The van der Waals surface area contributed by atoms with Crippen LogP contribution in [0.4, 0.5) is 5.69 Å². The summed E-state index contributed by atoms with van der Waals surface area (Å²) in [6.45, 7) is 0. The highest BCUT2D eigenvalue weighted by Gasteiger charge is 2.08. The van der Waals surface area contributed by atoms with Gasteiger partial charge in [0.25, 0.3) is 5.91 Å². The van der Waals surface area contributed by atoms with Crippen LogP contribution in [0.1, 0.15) is 10.4 Å². The molecule has 3 nitrogen and oxygen atoms in total. The zero-order valence-corrected chi connectivity index (χ0v) is 10.8. The van der Waals surface area contributed by atoms with Gasteiger partial charge in [-0.2, -0.15) is 0 Å². The first-order chi connectivity index (χ1) is 9.84. The Balaban J connectivity index is 1.82. The van der Waals surface area contributed by atoms with Crippen LogP contribution in [0.5, 0.6) is 0 Å². The fourth-order valence-electron chi connectivity index (χ4n) is 2.14. The van der Waals surface area contributed by atoms with E-state index in [1.165, 1.54) is 0 Å². The van der Waals surface area contributed by atoms with Crippen LogP contribution in [-0.4, -0.2) is 5.91 Å². The van der Waals surface area contributed by atoms with Gasteiger partial charge in [-0.05, 0) is 29.0 Å². The molecule has 1 amide bonds. The number of hydrogen-bond acceptors (Lipinski definition) is 2. The maximum atomic E-state index is 12.3. The topological polar surface area (TPSA) is 41.1 Å². The molecule has 0 aromatic heterocycles. The fourth-order valence-corrected chi connectivity index (χ4v) is 2.14. The summed E-state index contributed by atoms with van der Waals surface area (Å²) in [4.78, 5) is 12.3. The summed E-state index contributed by atoms with van der Waals surface area (Å²) in [5.74, 6) is -0.148. The predicted molar refractivity (Wildman–Crippen MR) is 81.5 cm³/mol. The van der Waals surface area contributed by atoms with Crippen LogP contribution in [0.15, 0.2) is 72.8 Å². The van der Waals surface area contributed by atoms with Crippen molar-refractivity contribution < 1.29 is 4.79 Å². The summed E-state index contributed by atoms with van der Waals surface area (Å²) < 4.78 is 0. The van der Waals surface area contributed by atoms with E-state index in [0.29, 0.717) is 5.56 Å². The van der Waals surface area contributed by atoms with Crippen LogP contribution in [0.2, 0.25) is 0 Å².